The average molecular weight is 409 g/mol. The number of nitrogens with one attached hydrogen (secondary N) is 2. The molecule has 0 bridgehead atoms. The number of aromatic nitrogens is 2. The maximum Gasteiger partial charge on any atom is 0.224 e. The van der Waals surface area contributed by atoms with Crippen molar-refractivity contribution in [2.45, 2.75) is 6.92 Å². The molecule has 1 aromatic carbocycles. The molecule has 0 saturated heterocycles. The fourth-order valence-corrected chi connectivity index (χ4v) is 2.56. The summed E-state index contributed by atoms with van der Waals surface area (Å²) in [5.74, 6) is 1.10. The molecule has 2 aromatic rings. The highest BCUT2D eigenvalue weighted by Gasteiger charge is 2.07. The first-order chi connectivity index (χ1) is 9.10. The van der Waals surface area contributed by atoms with E-state index in [0.717, 1.165) is 15.8 Å². The molecule has 100 valence electrons. The first kappa shape index (κ1) is 14.6. The molecule has 0 radical (unpaired) electrons. The molecule has 0 aliphatic heterocycles. The van der Waals surface area contributed by atoms with E-state index >= 15 is 0 Å². The second-order valence-corrected chi connectivity index (χ2v) is 5.68. The van der Waals surface area contributed by atoms with Crippen molar-refractivity contribution in [2.24, 2.45) is 0 Å². The Balaban J connectivity index is 2.29. The third-order valence-electron chi connectivity index (χ3n) is 2.26. The fourth-order valence-electron chi connectivity index (χ4n) is 1.42. The van der Waals surface area contributed by atoms with Gasteiger partial charge in [0.1, 0.15) is 5.02 Å². The fraction of sp³-hybridized carbons (Fsp3) is 0.167. The van der Waals surface area contributed by atoms with E-state index in [1.807, 2.05) is 25.1 Å². The van der Waals surface area contributed by atoms with Crippen molar-refractivity contribution < 1.29 is 0 Å². The lowest BCUT2D eigenvalue weighted by Gasteiger charge is -2.11. The Morgan fingerprint density at radius 2 is 2.11 bits per heavy atom. The Morgan fingerprint density at radius 3 is 2.79 bits per heavy atom. The standard InChI is InChI=1S/C12H11Cl2IN4/c1-2-16-12-17-6-8(14)11(19-12)18-10-4-3-7(13)5-9(10)15/h3-6H,2H2,1H3,(H2,16,17,18,19). The van der Waals surface area contributed by atoms with Gasteiger partial charge in [0.05, 0.1) is 11.9 Å². The summed E-state index contributed by atoms with van der Waals surface area (Å²) < 4.78 is 0.991. The monoisotopic (exact) mass is 408 g/mol. The van der Waals surface area contributed by atoms with Crippen LogP contribution in [-0.2, 0) is 0 Å². The number of halogens is 3. The molecule has 4 nitrogen and oxygen atoms in total. The van der Waals surface area contributed by atoms with Gasteiger partial charge in [0, 0.05) is 15.1 Å². The van der Waals surface area contributed by atoms with Crippen molar-refractivity contribution in [1.82, 2.24) is 9.97 Å². The maximum absolute atomic E-state index is 6.09. The topological polar surface area (TPSA) is 49.8 Å². The van der Waals surface area contributed by atoms with Crippen LogP contribution in [0.15, 0.2) is 24.4 Å². The van der Waals surface area contributed by atoms with Crippen LogP contribution in [0, 0.1) is 3.57 Å². The van der Waals surface area contributed by atoms with Gasteiger partial charge in [0.25, 0.3) is 0 Å². The summed E-state index contributed by atoms with van der Waals surface area (Å²) in [7, 11) is 0. The van der Waals surface area contributed by atoms with Crippen LogP contribution in [0.3, 0.4) is 0 Å². The van der Waals surface area contributed by atoms with E-state index in [1.54, 1.807) is 6.20 Å². The molecule has 0 spiro atoms. The summed E-state index contributed by atoms with van der Waals surface area (Å²) >= 11 is 14.2. The molecule has 0 aliphatic carbocycles. The van der Waals surface area contributed by atoms with Gasteiger partial charge in [-0.3, -0.25) is 0 Å². The molecular formula is C12H11Cl2IN4. The van der Waals surface area contributed by atoms with Crippen LogP contribution >= 0.6 is 45.8 Å². The van der Waals surface area contributed by atoms with Crippen LogP contribution in [0.1, 0.15) is 6.92 Å². The van der Waals surface area contributed by atoms with E-state index < -0.39 is 0 Å². The highest BCUT2D eigenvalue weighted by molar-refractivity contribution is 14.1. The van der Waals surface area contributed by atoms with Crippen molar-refractivity contribution >= 4 is 63.2 Å². The quantitative estimate of drug-likeness (QED) is 0.728. The molecule has 0 atom stereocenters. The molecule has 1 heterocycles. The molecule has 2 N–H and O–H groups in total. The molecule has 0 aliphatic rings. The summed E-state index contributed by atoms with van der Waals surface area (Å²) in [4.78, 5) is 8.41. The number of rotatable bonds is 4. The maximum atomic E-state index is 6.09. The van der Waals surface area contributed by atoms with E-state index in [4.69, 9.17) is 23.2 Å². The Hall–Kier alpha value is -0.790. The molecule has 0 saturated carbocycles. The molecular weight excluding hydrogens is 398 g/mol. The predicted octanol–water partition coefficient (Wildman–Crippen LogP) is 4.56. The summed E-state index contributed by atoms with van der Waals surface area (Å²) in [5, 5.41) is 7.38. The molecule has 0 unspecified atom stereocenters. The molecule has 7 heteroatoms. The Labute approximate surface area is 135 Å². The van der Waals surface area contributed by atoms with Crippen molar-refractivity contribution in [3.8, 4) is 0 Å². The van der Waals surface area contributed by atoms with Crippen LogP contribution in [-0.4, -0.2) is 16.5 Å². The van der Waals surface area contributed by atoms with Gasteiger partial charge in [0.2, 0.25) is 5.95 Å². The molecule has 0 amide bonds. The lowest BCUT2D eigenvalue weighted by molar-refractivity contribution is 1.09. The average Bonchev–Trinajstić information content (AvgIpc) is 2.37. The minimum atomic E-state index is 0.465. The van der Waals surface area contributed by atoms with Crippen LogP contribution in [0.2, 0.25) is 10.0 Å². The Bertz CT molecular complexity index is 592. The lowest BCUT2D eigenvalue weighted by Crippen LogP contribution is -2.04. The predicted molar refractivity (Wildman–Crippen MR) is 88.7 cm³/mol. The van der Waals surface area contributed by atoms with Crippen molar-refractivity contribution in [2.75, 3.05) is 17.2 Å². The van der Waals surface area contributed by atoms with E-state index in [0.29, 0.717) is 21.8 Å². The molecule has 0 fully saturated rings. The zero-order chi connectivity index (χ0) is 13.8. The minimum absolute atomic E-state index is 0.465. The van der Waals surface area contributed by atoms with Crippen molar-refractivity contribution in [3.63, 3.8) is 0 Å². The lowest BCUT2D eigenvalue weighted by atomic mass is 10.3. The van der Waals surface area contributed by atoms with Crippen molar-refractivity contribution in [1.29, 1.82) is 0 Å². The Morgan fingerprint density at radius 1 is 1.32 bits per heavy atom. The van der Waals surface area contributed by atoms with Gasteiger partial charge in [-0.1, -0.05) is 23.2 Å². The number of anilines is 3. The van der Waals surface area contributed by atoms with Gasteiger partial charge in [0.15, 0.2) is 5.82 Å². The SMILES string of the molecule is CCNc1ncc(Cl)c(Nc2ccc(Cl)cc2I)n1. The van der Waals surface area contributed by atoms with Gasteiger partial charge < -0.3 is 10.6 Å². The van der Waals surface area contributed by atoms with Crippen LogP contribution < -0.4 is 10.6 Å². The number of hydrogen-bond acceptors (Lipinski definition) is 4. The second kappa shape index (κ2) is 6.58. The third kappa shape index (κ3) is 3.84. The van der Waals surface area contributed by atoms with Gasteiger partial charge >= 0.3 is 0 Å². The van der Waals surface area contributed by atoms with Crippen molar-refractivity contribution in [3.05, 3.63) is 38.0 Å². The largest absolute Gasteiger partial charge is 0.354 e. The van der Waals surface area contributed by atoms with Crippen LogP contribution in [0.4, 0.5) is 17.5 Å². The summed E-state index contributed by atoms with van der Waals surface area (Å²) in [6.07, 6.45) is 1.57. The van der Waals surface area contributed by atoms with Gasteiger partial charge in [-0.25, -0.2) is 4.98 Å². The highest BCUT2D eigenvalue weighted by atomic mass is 127. The van der Waals surface area contributed by atoms with Gasteiger partial charge in [-0.2, -0.15) is 4.98 Å². The Kier molecular flexibility index (Phi) is 5.06. The van der Waals surface area contributed by atoms with Gasteiger partial charge in [-0.05, 0) is 47.7 Å². The van der Waals surface area contributed by atoms with Crippen LogP contribution in [0.5, 0.6) is 0 Å². The first-order valence-corrected chi connectivity index (χ1v) is 7.42. The third-order valence-corrected chi connectivity index (χ3v) is 3.67. The van der Waals surface area contributed by atoms with Crippen LogP contribution in [0.25, 0.3) is 0 Å². The molecule has 1 aromatic heterocycles. The normalized spacial score (nSPS) is 10.3. The minimum Gasteiger partial charge on any atom is -0.354 e. The second-order valence-electron chi connectivity index (χ2n) is 3.67. The number of hydrogen-bond donors (Lipinski definition) is 2. The van der Waals surface area contributed by atoms with E-state index in [9.17, 15) is 0 Å². The van der Waals surface area contributed by atoms with E-state index in [2.05, 4.69) is 43.2 Å². The molecule has 2 rings (SSSR count). The molecule has 19 heavy (non-hydrogen) atoms. The first-order valence-electron chi connectivity index (χ1n) is 5.58. The summed E-state index contributed by atoms with van der Waals surface area (Å²) in [6.45, 7) is 2.73. The highest BCUT2D eigenvalue weighted by Crippen LogP contribution is 2.28. The number of benzene rings is 1. The number of nitrogens with zero attached hydrogens (tertiary/aromatic N) is 2. The summed E-state index contributed by atoms with van der Waals surface area (Å²) in [5.41, 5.74) is 0.896. The zero-order valence-electron chi connectivity index (χ0n) is 10.0. The van der Waals surface area contributed by atoms with E-state index in [-0.39, 0.29) is 0 Å². The summed E-state index contributed by atoms with van der Waals surface area (Å²) in [6, 6.07) is 5.56. The van der Waals surface area contributed by atoms with Gasteiger partial charge in [-0.15, -0.1) is 0 Å². The van der Waals surface area contributed by atoms with E-state index in [1.165, 1.54) is 0 Å². The smallest absolute Gasteiger partial charge is 0.224 e. The zero-order valence-corrected chi connectivity index (χ0v) is 13.7.